The lowest BCUT2D eigenvalue weighted by atomic mass is 9.73. The Morgan fingerprint density at radius 3 is 2.41 bits per heavy atom. The molecule has 164 valence electrons. The van der Waals surface area contributed by atoms with Crippen LogP contribution in [0.15, 0.2) is 54.7 Å². The molecule has 5 rings (SSSR count). The van der Waals surface area contributed by atoms with E-state index in [0.717, 1.165) is 44.6 Å². The molecule has 2 heterocycles. The Hall–Kier alpha value is -3.11. The molecule has 1 aliphatic rings. The van der Waals surface area contributed by atoms with Crippen LogP contribution in [0.2, 0.25) is 0 Å². The van der Waals surface area contributed by atoms with Crippen molar-refractivity contribution in [2.24, 2.45) is 0 Å². The first-order valence-corrected chi connectivity index (χ1v) is 11.2. The first-order valence-electron chi connectivity index (χ1n) is 11.2. The zero-order valence-corrected chi connectivity index (χ0v) is 19.2. The minimum Gasteiger partial charge on any atom is -0.390 e. The number of benzene rings is 3. The maximum absolute atomic E-state index is 13.8. The fourth-order valence-electron chi connectivity index (χ4n) is 5.30. The smallest absolute Gasteiger partial charge is 0.123 e. The molecule has 0 saturated carbocycles. The maximum Gasteiger partial charge on any atom is 0.123 e. The molecular weight excluding hydrogens is 399 g/mol. The number of aliphatic hydroxyl groups excluding tert-OH is 1. The van der Waals surface area contributed by atoms with Crippen LogP contribution < -0.4 is 5.32 Å². The van der Waals surface area contributed by atoms with Gasteiger partial charge in [-0.1, -0.05) is 37.3 Å². The summed E-state index contributed by atoms with van der Waals surface area (Å²) in [5.41, 5.74) is 9.29. The van der Waals surface area contributed by atoms with E-state index < -0.39 is 11.6 Å². The molecule has 2 atom stereocenters. The number of aryl methyl sites for hydroxylation is 2. The number of aromatic nitrogens is 1. The molecule has 0 saturated heterocycles. The number of aliphatic hydroxyl groups is 1. The number of halogens is 1. The minimum atomic E-state index is -0.563. The highest BCUT2D eigenvalue weighted by atomic mass is 19.1. The summed E-state index contributed by atoms with van der Waals surface area (Å²) in [7, 11) is 0. The zero-order chi connectivity index (χ0) is 22.8. The van der Waals surface area contributed by atoms with Crippen molar-refractivity contribution < 1.29 is 9.50 Å². The predicted octanol–water partition coefficient (Wildman–Crippen LogP) is 6.93. The lowest BCUT2D eigenvalue weighted by Crippen LogP contribution is -2.50. The van der Waals surface area contributed by atoms with Gasteiger partial charge in [-0.15, -0.1) is 0 Å². The second-order valence-electron chi connectivity index (χ2n) is 9.69. The number of para-hydroxylation sites is 1. The van der Waals surface area contributed by atoms with E-state index in [0.29, 0.717) is 0 Å². The number of fused-ring (bicyclic) bond motifs is 2. The molecule has 1 aliphatic heterocycles. The molecule has 1 unspecified atom stereocenters. The predicted molar refractivity (Wildman–Crippen MR) is 131 cm³/mol. The van der Waals surface area contributed by atoms with Crippen LogP contribution in [0.25, 0.3) is 33.2 Å². The Labute approximate surface area is 188 Å². The first kappa shape index (κ1) is 20.8. The van der Waals surface area contributed by atoms with E-state index in [-0.39, 0.29) is 11.7 Å². The standard InChI is InChI=1S/C28H29FN2O/c1-15-13-22(21-8-6-7-20-16(2)14-30-26(20)21)24(18-9-11-19(29)12-10-18)23-17(3)27(32)28(4,5)31-25(15)23/h6-14,17,27,30-32H,1-5H3/t17-,27?/m0/s1. The van der Waals surface area contributed by atoms with Gasteiger partial charge < -0.3 is 15.4 Å². The summed E-state index contributed by atoms with van der Waals surface area (Å²) >= 11 is 0. The number of aromatic amines is 1. The molecule has 32 heavy (non-hydrogen) atoms. The summed E-state index contributed by atoms with van der Waals surface area (Å²) in [4.78, 5) is 3.45. The van der Waals surface area contributed by atoms with Gasteiger partial charge in [0.1, 0.15) is 5.82 Å². The molecule has 0 aliphatic carbocycles. The third-order valence-electron chi connectivity index (χ3n) is 7.02. The van der Waals surface area contributed by atoms with E-state index in [9.17, 15) is 9.50 Å². The molecule has 4 aromatic rings. The summed E-state index contributed by atoms with van der Waals surface area (Å²) in [6.07, 6.45) is 1.47. The van der Waals surface area contributed by atoms with Crippen LogP contribution in [0.5, 0.6) is 0 Å². The van der Waals surface area contributed by atoms with Crippen molar-refractivity contribution in [2.75, 3.05) is 5.32 Å². The fraction of sp³-hybridized carbons (Fsp3) is 0.286. The Morgan fingerprint density at radius 2 is 1.69 bits per heavy atom. The van der Waals surface area contributed by atoms with Crippen LogP contribution in [0.1, 0.15) is 43.4 Å². The van der Waals surface area contributed by atoms with Crippen molar-refractivity contribution in [3.05, 3.63) is 77.2 Å². The maximum atomic E-state index is 13.8. The Balaban J connectivity index is 1.89. The number of hydrogen-bond donors (Lipinski definition) is 3. The molecular formula is C28H29FN2O. The number of hydrogen-bond acceptors (Lipinski definition) is 2. The third kappa shape index (κ3) is 3.05. The second-order valence-corrected chi connectivity index (χ2v) is 9.69. The second kappa shape index (κ2) is 7.21. The summed E-state index contributed by atoms with van der Waals surface area (Å²) in [6, 6.07) is 15.2. The third-order valence-corrected chi connectivity index (χ3v) is 7.02. The molecule has 1 aromatic heterocycles. The van der Waals surface area contributed by atoms with Crippen LogP contribution in [0, 0.1) is 19.7 Å². The molecule has 4 heteroatoms. The van der Waals surface area contributed by atoms with E-state index >= 15 is 0 Å². The average molecular weight is 429 g/mol. The van der Waals surface area contributed by atoms with E-state index in [4.69, 9.17) is 0 Å². The van der Waals surface area contributed by atoms with E-state index in [2.05, 4.69) is 55.3 Å². The molecule has 0 amide bonds. The molecule has 3 nitrogen and oxygen atoms in total. The lowest BCUT2D eigenvalue weighted by molar-refractivity contribution is 0.0871. The monoisotopic (exact) mass is 428 g/mol. The van der Waals surface area contributed by atoms with Crippen LogP contribution >= 0.6 is 0 Å². The van der Waals surface area contributed by atoms with Gasteiger partial charge in [-0.3, -0.25) is 0 Å². The highest BCUT2D eigenvalue weighted by Crippen LogP contribution is 2.50. The molecule has 3 N–H and O–H groups in total. The highest BCUT2D eigenvalue weighted by molar-refractivity contribution is 6.02. The van der Waals surface area contributed by atoms with Gasteiger partial charge in [0.15, 0.2) is 0 Å². The molecule has 0 fully saturated rings. The van der Waals surface area contributed by atoms with Crippen LogP contribution in [0.3, 0.4) is 0 Å². The topological polar surface area (TPSA) is 48.0 Å². The largest absolute Gasteiger partial charge is 0.390 e. The Morgan fingerprint density at radius 1 is 0.969 bits per heavy atom. The van der Waals surface area contributed by atoms with Crippen LogP contribution in [-0.4, -0.2) is 21.7 Å². The van der Waals surface area contributed by atoms with Gasteiger partial charge in [0, 0.05) is 28.8 Å². The van der Waals surface area contributed by atoms with Crippen molar-refractivity contribution in [1.29, 1.82) is 0 Å². The quantitative estimate of drug-likeness (QED) is 0.324. The fourth-order valence-corrected chi connectivity index (χ4v) is 5.30. The molecule has 3 aromatic carbocycles. The van der Waals surface area contributed by atoms with Gasteiger partial charge in [0.2, 0.25) is 0 Å². The van der Waals surface area contributed by atoms with Crippen molar-refractivity contribution in [1.82, 2.24) is 4.98 Å². The zero-order valence-electron chi connectivity index (χ0n) is 19.2. The first-order chi connectivity index (χ1) is 15.2. The summed E-state index contributed by atoms with van der Waals surface area (Å²) in [6.45, 7) is 10.4. The summed E-state index contributed by atoms with van der Waals surface area (Å²) in [5, 5.41) is 16.0. The molecule has 0 bridgehead atoms. The highest BCUT2D eigenvalue weighted by Gasteiger charge is 2.41. The molecule has 0 spiro atoms. The van der Waals surface area contributed by atoms with Gasteiger partial charge in [-0.05, 0) is 79.3 Å². The van der Waals surface area contributed by atoms with Crippen LogP contribution in [-0.2, 0) is 0 Å². The van der Waals surface area contributed by atoms with Gasteiger partial charge in [-0.2, -0.15) is 0 Å². The van der Waals surface area contributed by atoms with E-state index in [1.54, 1.807) is 0 Å². The minimum absolute atomic E-state index is 0.0930. The van der Waals surface area contributed by atoms with Gasteiger partial charge in [-0.25, -0.2) is 4.39 Å². The molecule has 0 radical (unpaired) electrons. The van der Waals surface area contributed by atoms with E-state index in [1.165, 1.54) is 23.1 Å². The van der Waals surface area contributed by atoms with Crippen molar-refractivity contribution in [3.63, 3.8) is 0 Å². The van der Waals surface area contributed by atoms with Crippen molar-refractivity contribution in [3.8, 4) is 22.3 Å². The Bertz CT molecular complexity index is 1330. The normalized spacial score (nSPS) is 19.6. The van der Waals surface area contributed by atoms with Gasteiger partial charge >= 0.3 is 0 Å². The summed E-state index contributed by atoms with van der Waals surface area (Å²) in [5.74, 6) is -0.352. The Kier molecular flexibility index (Phi) is 4.68. The SMILES string of the molecule is Cc1cc(-c2cccc3c(C)c[nH]c23)c(-c2ccc(F)cc2)c2c1NC(C)(C)C(O)[C@H]2C. The lowest BCUT2D eigenvalue weighted by Gasteiger charge is -2.44. The summed E-state index contributed by atoms with van der Waals surface area (Å²) < 4.78 is 13.8. The average Bonchev–Trinajstić information content (AvgIpc) is 3.14. The van der Waals surface area contributed by atoms with Crippen molar-refractivity contribution in [2.45, 2.75) is 52.2 Å². The van der Waals surface area contributed by atoms with Gasteiger partial charge in [0.25, 0.3) is 0 Å². The van der Waals surface area contributed by atoms with Gasteiger partial charge in [0.05, 0.1) is 17.2 Å². The number of anilines is 1. The number of rotatable bonds is 2. The number of nitrogens with one attached hydrogen (secondary N) is 2. The van der Waals surface area contributed by atoms with E-state index in [1.807, 2.05) is 32.2 Å². The number of H-pyrrole nitrogens is 1. The van der Waals surface area contributed by atoms with Crippen molar-refractivity contribution >= 4 is 16.6 Å². The van der Waals surface area contributed by atoms with Crippen LogP contribution in [0.4, 0.5) is 10.1 Å².